The predicted molar refractivity (Wildman–Crippen MR) is 83.2 cm³/mol. The van der Waals surface area contributed by atoms with E-state index in [1.165, 1.54) is 0 Å². The second kappa shape index (κ2) is 7.17. The van der Waals surface area contributed by atoms with Gasteiger partial charge in [0, 0.05) is 22.5 Å². The minimum absolute atomic E-state index is 0.111. The fraction of sp³-hybridized carbons (Fsp3) is 0.385. The molecule has 20 heavy (non-hydrogen) atoms. The molecule has 1 aromatic heterocycles. The molecule has 3 N–H and O–H groups in total. The molecular formula is C13H17BrClN5. The van der Waals surface area contributed by atoms with E-state index in [1.807, 2.05) is 22.9 Å². The molecule has 0 amide bonds. The number of aryl methyl sites for hydroxylation is 1. The summed E-state index contributed by atoms with van der Waals surface area (Å²) in [7, 11) is 0. The molecule has 0 saturated carbocycles. The Morgan fingerprint density at radius 1 is 1.50 bits per heavy atom. The summed E-state index contributed by atoms with van der Waals surface area (Å²) in [6, 6.07) is 5.61. The van der Waals surface area contributed by atoms with E-state index in [2.05, 4.69) is 38.4 Å². The van der Waals surface area contributed by atoms with E-state index in [-0.39, 0.29) is 6.04 Å². The molecule has 2 aromatic rings. The van der Waals surface area contributed by atoms with Gasteiger partial charge in [-0.05, 0) is 30.2 Å². The Morgan fingerprint density at radius 3 is 3.00 bits per heavy atom. The van der Waals surface area contributed by atoms with Crippen LogP contribution < -0.4 is 11.3 Å². The highest BCUT2D eigenvalue weighted by molar-refractivity contribution is 9.10. The lowest BCUT2D eigenvalue weighted by Gasteiger charge is -2.18. The number of hydrazine groups is 1. The zero-order valence-corrected chi connectivity index (χ0v) is 13.5. The number of aromatic nitrogens is 3. The molecule has 0 saturated heterocycles. The Balaban J connectivity index is 2.24. The van der Waals surface area contributed by atoms with Gasteiger partial charge in [-0.3, -0.25) is 16.0 Å². The summed E-state index contributed by atoms with van der Waals surface area (Å²) in [5, 5.41) is 4.90. The van der Waals surface area contributed by atoms with Crippen molar-refractivity contribution >= 4 is 27.5 Å². The highest BCUT2D eigenvalue weighted by atomic mass is 79.9. The lowest BCUT2D eigenvalue weighted by atomic mass is 10.0. The molecule has 2 rings (SSSR count). The maximum Gasteiger partial charge on any atom is 0.138 e. The highest BCUT2D eigenvalue weighted by Crippen LogP contribution is 2.28. The first-order chi connectivity index (χ1) is 9.65. The van der Waals surface area contributed by atoms with Gasteiger partial charge in [-0.2, -0.15) is 5.10 Å². The fourth-order valence-corrected chi connectivity index (χ4v) is 2.70. The Morgan fingerprint density at radius 2 is 2.30 bits per heavy atom. The van der Waals surface area contributed by atoms with Gasteiger partial charge in [0.25, 0.3) is 0 Å². The number of hydrogen-bond acceptors (Lipinski definition) is 4. The summed E-state index contributed by atoms with van der Waals surface area (Å²) >= 11 is 9.70. The van der Waals surface area contributed by atoms with Gasteiger partial charge >= 0.3 is 0 Å². The Kier molecular flexibility index (Phi) is 5.54. The summed E-state index contributed by atoms with van der Waals surface area (Å²) in [6.45, 7) is 2.95. The summed E-state index contributed by atoms with van der Waals surface area (Å²) in [5.74, 6) is 6.58. The van der Waals surface area contributed by atoms with E-state index >= 15 is 0 Å². The number of rotatable bonds is 6. The van der Waals surface area contributed by atoms with Crippen LogP contribution in [0.5, 0.6) is 0 Å². The van der Waals surface area contributed by atoms with E-state index in [1.54, 1.807) is 6.33 Å². The highest BCUT2D eigenvalue weighted by Gasteiger charge is 2.17. The first-order valence-corrected chi connectivity index (χ1v) is 7.60. The van der Waals surface area contributed by atoms with Crippen molar-refractivity contribution in [1.82, 2.24) is 20.2 Å². The van der Waals surface area contributed by atoms with Crippen molar-refractivity contribution in [1.29, 1.82) is 0 Å². The van der Waals surface area contributed by atoms with Crippen molar-refractivity contribution in [2.24, 2.45) is 5.84 Å². The third-order valence-corrected chi connectivity index (χ3v) is 3.89. The number of nitrogens with two attached hydrogens (primary N) is 1. The smallest absolute Gasteiger partial charge is 0.138 e. The number of nitrogens with one attached hydrogen (secondary N) is 1. The van der Waals surface area contributed by atoms with Gasteiger partial charge in [-0.15, -0.1) is 0 Å². The van der Waals surface area contributed by atoms with Gasteiger partial charge in [0.05, 0.1) is 6.04 Å². The van der Waals surface area contributed by atoms with Crippen LogP contribution in [-0.4, -0.2) is 14.8 Å². The Labute approximate surface area is 131 Å². The van der Waals surface area contributed by atoms with E-state index < -0.39 is 0 Å². The predicted octanol–water partition coefficient (Wildman–Crippen LogP) is 2.85. The second-order valence-corrected chi connectivity index (χ2v) is 5.81. The minimum atomic E-state index is -0.111. The van der Waals surface area contributed by atoms with Crippen molar-refractivity contribution < 1.29 is 0 Å². The van der Waals surface area contributed by atoms with E-state index in [0.717, 1.165) is 28.8 Å². The molecule has 0 fully saturated rings. The average molecular weight is 359 g/mol. The normalized spacial score (nSPS) is 12.6. The van der Waals surface area contributed by atoms with Crippen molar-refractivity contribution in [3.8, 4) is 0 Å². The number of halogens is 2. The van der Waals surface area contributed by atoms with E-state index in [0.29, 0.717) is 11.4 Å². The van der Waals surface area contributed by atoms with E-state index in [4.69, 9.17) is 17.4 Å². The summed E-state index contributed by atoms with van der Waals surface area (Å²) in [4.78, 5) is 4.30. The van der Waals surface area contributed by atoms with Gasteiger partial charge in [-0.25, -0.2) is 4.98 Å². The molecular weight excluding hydrogens is 342 g/mol. The summed E-state index contributed by atoms with van der Waals surface area (Å²) in [6.07, 6.45) is 3.21. The molecule has 108 valence electrons. The SMILES string of the molecule is CCCn1ncnc1CC(NN)c1cc(Br)ccc1Cl. The van der Waals surface area contributed by atoms with Crippen molar-refractivity contribution in [2.75, 3.05) is 0 Å². The topological polar surface area (TPSA) is 68.8 Å². The summed E-state index contributed by atoms with van der Waals surface area (Å²) in [5.41, 5.74) is 3.75. The molecule has 0 bridgehead atoms. The molecule has 0 aliphatic rings. The van der Waals surface area contributed by atoms with Crippen molar-refractivity contribution in [3.05, 3.63) is 45.4 Å². The van der Waals surface area contributed by atoms with Crippen LogP contribution >= 0.6 is 27.5 Å². The molecule has 1 aromatic carbocycles. The van der Waals surface area contributed by atoms with Crippen LogP contribution in [0.25, 0.3) is 0 Å². The standard InChI is InChI=1S/C13H17BrClN5/c1-2-5-20-13(17-8-18-20)7-12(19-16)10-6-9(14)3-4-11(10)15/h3-4,6,8,12,19H,2,5,7,16H2,1H3. The first kappa shape index (κ1) is 15.4. The summed E-state index contributed by atoms with van der Waals surface area (Å²) < 4.78 is 2.86. The molecule has 7 heteroatoms. The molecule has 0 spiro atoms. The molecule has 0 aliphatic heterocycles. The van der Waals surface area contributed by atoms with Gasteiger partial charge in [0.15, 0.2) is 0 Å². The number of nitrogens with zero attached hydrogens (tertiary/aromatic N) is 3. The maximum atomic E-state index is 6.25. The van der Waals surface area contributed by atoms with Crippen LogP contribution in [0.4, 0.5) is 0 Å². The number of hydrogen-bond donors (Lipinski definition) is 2. The molecule has 1 heterocycles. The zero-order chi connectivity index (χ0) is 14.5. The quantitative estimate of drug-likeness (QED) is 0.615. The monoisotopic (exact) mass is 357 g/mol. The molecule has 5 nitrogen and oxygen atoms in total. The minimum Gasteiger partial charge on any atom is -0.271 e. The molecule has 1 atom stereocenters. The Hall–Kier alpha value is -0.950. The lowest BCUT2D eigenvalue weighted by Crippen LogP contribution is -2.30. The van der Waals surface area contributed by atoms with Gasteiger partial charge in [0.2, 0.25) is 0 Å². The largest absolute Gasteiger partial charge is 0.271 e. The number of benzene rings is 1. The zero-order valence-electron chi connectivity index (χ0n) is 11.2. The third kappa shape index (κ3) is 3.58. The molecule has 0 radical (unpaired) electrons. The van der Waals surface area contributed by atoms with Crippen LogP contribution in [0.1, 0.15) is 30.8 Å². The first-order valence-electron chi connectivity index (χ1n) is 6.43. The van der Waals surface area contributed by atoms with Crippen LogP contribution in [-0.2, 0) is 13.0 Å². The fourth-order valence-electron chi connectivity index (χ4n) is 2.07. The Bertz CT molecular complexity index is 572. The van der Waals surface area contributed by atoms with Crippen LogP contribution in [0.15, 0.2) is 29.0 Å². The van der Waals surface area contributed by atoms with Gasteiger partial charge < -0.3 is 0 Å². The van der Waals surface area contributed by atoms with Crippen LogP contribution in [0.3, 0.4) is 0 Å². The lowest BCUT2D eigenvalue weighted by molar-refractivity contribution is 0.499. The van der Waals surface area contributed by atoms with Crippen LogP contribution in [0.2, 0.25) is 5.02 Å². The molecule has 0 aliphatic carbocycles. The molecule has 1 unspecified atom stereocenters. The second-order valence-electron chi connectivity index (χ2n) is 4.49. The third-order valence-electron chi connectivity index (χ3n) is 3.05. The average Bonchev–Trinajstić information content (AvgIpc) is 2.87. The van der Waals surface area contributed by atoms with Crippen LogP contribution in [0, 0.1) is 0 Å². The van der Waals surface area contributed by atoms with Gasteiger partial charge in [0.1, 0.15) is 12.2 Å². The maximum absolute atomic E-state index is 6.25. The van der Waals surface area contributed by atoms with Crippen molar-refractivity contribution in [2.45, 2.75) is 32.4 Å². The van der Waals surface area contributed by atoms with Crippen molar-refractivity contribution in [3.63, 3.8) is 0 Å². The van der Waals surface area contributed by atoms with Gasteiger partial charge in [-0.1, -0.05) is 34.5 Å². The van der Waals surface area contributed by atoms with E-state index in [9.17, 15) is 0 Å².